The van der Waals surface area contributed by atoms with Gasteiger partial charge in [0.1, 0.15) is 5.82 Å². The monoisotopic (exact) mass is 502 g/mol. The second-order valence-corrected chi connectivity index (χ2v) is 10.0. The van der Waals surface area contributed by atoms with Crippen molar-refractivity contribution >= 4 is 11.6 Å². The molecule has 1 heterocycles. The summed E-state index contributed by atoms with van der Waals surface area (Å²) in [5, 5.41) is 0. The second kappa shape index (κ2) is 11.7. The molecule has 1 aliphatic carbocycles. The Labute approximate surface area is 218 Å². The van der Waals surface area contributed by atoms with Crippen molar-refractivity contribution in [2.75, 3.05) is 31.6 Å². The van der Waals surface area contributed by atoms with Crippen LogP contribution >= 0.6 is 0 Å². The minimum atomic E-state index is -0.331. The first-order valence-electron chi connectivity index (χ1n) is 13.3. The topological polar surface area (TPSA) is 42.0 Å². The van der Waals surface area contributed by atoms with Gasteiger partial charge in [0.15, 0.2) is 11.5 Å². The molecule has 1 atom stereocenters. The van der Waals surface area contributed by atoms with Crippen molar-refractivity contribution in [1.82, 2.24) is 4.90 Å². The Morgan fingerprint density at radius 3 is 2.46 bits per heavy atom. The van der Waals surface area contributed by atoms with E-state index in [1.165, 1.54) is 24.5 Å². The fourth-order valence-electron chi connectivity index (χ4n) is 5.53. The summed E-state index contributed by atoms with van der Waals surface area (Å²) < 4.78 is 26.2. The summed E-state index contributed by atoms with van der Waals surface area (Å²) in [5.74, 6) is 1.16. The average Bonchev–Trinajstić information content (AvgIpc) is 3.43. The van der Waals surface area contributed by atoms with Crippen molar-refractivity contribution in [1.29, 1.82) is 0 Å². The minimum Gasteiger partial charge on any atom is -0.493 e. The number of anilines is 1. The molecule has 0 aromatic heterocycles. The number of piperazine rings is 1. The molecule has 5 rings (SSSR count). The van der Waals surface area contributed by atoms with Crippen LogP contribution in [0.5, 0.6) is 11.5 Å². The predicted octanol–water partition coefficient (Wildman–Crippen LogP) is 5.66. The van der Waals surface area contributed by atoms with Gasteiger partial charge < -0.3 is 19.3 Å². The SMILES string of the molecule is COc1ccc(N2CCN(C(=O)Cc3ccccc3F)C(Cc3ccccc3)C2)cc1OC1CCCC1. The van der Waals surface area contributed by atoms with Gasteiger partial charge in [0.25, 0.3) is 0 Å². The lowest BCUT2D eigenvalue weighted by molar-refractivity contribution is -0.133. The highest BCUT2D eigenvalue weighted by Gasteiger charge is 2.31. The Balaban J connectivity index is 1.36. The molecule has 0 radical (unpaired) electrons. The molecule has 0 N–H and O–H groups in total. The summed E-state index contributed by atoms with van der Waals surface area (Å²) in [4.78, 5) is 17.7. The summed E-state index contributed by atoms with van der Waals surface area (Å²) >= 11 is 0. The molecule has 1 unspecified atom stereocenters. The molecular formula is C31H35FN2O3. The Kier molecular flexibility index (Phi) is 7.93. The van der Waals surface area contributed by atoms with Gasteiger partial charge in [-0.2, -0.15) is 0 Å². The van der Waals surface area contributed by atoms with Gasteiger partial charge in [-0.25, -0.2) is 4.39 Å². The molecule has 2 fully saturated rings. The standard InChI is InChI=1S/C31H35FN2O3/c1-36-29-16-15-25(21-30(29)37-27-12-6-7-13-27)33-17-18-34(26(22-33)19-23-9-3-2-4-10-23)31(35)20-24-11-5-8-14-28(24)32/h2-5,8-11,14-16,21,26-27H,6-7,12-13,17-20,22H2,1H3. The lowest BCUT2D eigenvalue weighted by Crippen LogP contribution is -2.56. The number of halogens is 1. The van der Waals surface area contributed by atoms with E-state index in [9.17, 15) is 9.18 Å². The van der Waals surface area contributed by atoms with E-state index in [1.807, 2.05) is 29.2 Å². The number of ether oxygens (including phenoxy) is 2. The number of hydrogen-bond donors (Lipinski definition) is 0. The minimum absolute atomic E-state index is 0.0308. The number of benzene rings is 3. The number of rotatable bonds is 8. The summed E-state index contributed by atoms with van der Waals surface area (Å²) in [6, 6.07) is 22.9. The van der Waals surface area contributed by atoms with Gasteiger partial charge in [-0.15, -0.1) is 0 Å². The molecule has 0 spiro atoms. The van der Waals surface area contributed by atoms with Crippen LogP contribution in [0.25, 0.3) is 0 Å². The molecular weight excluding hydrogens is 467 g/mol. The van der Waals surface area contributed by atoms with Crippen molar-refractivity contribution in [2.45, 2.75) is 50.7 Å². The molecule has 194 valence electrons. The Morgan fingerprint density at radius 2 is 1.70 bits per heavy atom. The molecule has 37 heavy (non-hydrogen) atoms. The highest BCUT2D eigenvalue weighted by molar-refractivity contribution is 5.79. The predicted molar refractivity (Wildman–Crippen MR) is 144 cm³/mol. The Bertz CT molecular complexity index is 1200. The summed E-state index contributed by atoms with van der Waals surface area (Å²) in [6.45, 7) is 1.96. The molecule has 6 heteroatoms. The van der Waals surface area contributed by atoms with E-state index < -0.39 is 0 Å². The van der Waals surface area contributed by atoms with Crippen molar-refractivity contribution < 1.29 is 18.7 Å². The molecule has 1 amide bonds. The van der Waals surface area contributed by atoms with Gasteiger partial charge >= 0.3 is 0 Å². The van der Waals surface area contributed by atoms with Gasteiger partial charge in [0, 0.05) is 31.4 Å². The van der Waals surface area contributed by atoms with Crippen molar-refractivity contribution in [2.24, 2.45) is 0 Å². The summed E-state index contributed by atoms with van der Waals surface area (Å²) in [5.41, 5.74) is 2.68. The molecule has 0 bridgehead atoms. The van der Waals surface area contributed by atoms with Crippen LogP contribution in [0.15, 0.2) is 72.8 Å². The largest absolute Gasteiger partial charge is 0.493 e. The van der Waals surface area contributed by atoms with Crippen LogP contribution in [0.2, 0.25) is 0 Å². The lowest BCUT2D eigenvalue weighted by atomic mass is 10.00. The zero-order valence-electron chi connectivity index (χ0n) is 21.4. The maximum atomic E-state index is 14.3. The smallest absolute Gasteiger partial charge is 0.227 e. The molecule has 1 saturated carbocycles. The lowest BCUT2D eigenvalue weighted by Gasteiger charge is -2.43. The molecule has 1 aliphatic heterocycles. The summed E-state index contributed by atoms with van der Waals surface area (Å²) in [6.07, 6.45) is 5.61. The van der Waals surface area contributed by atoms with Crippen LogP contribution in [0.4, 0.5) is 10.1 Å². The number of nitrogens with zero attached hydrogens (tertiary/aromatic N) is 2. The zero-order valence-corrected chi connectivity index (χ0v) is 21.4. The molecule has 2 aliphatic rings. The van der Waals surface area contributed by atoms with Crippen molar-refractivity contribution in [3.8, 4) is 11.5 Å². The maximum Gasteiger partial charge on any atom is 0.227 e. The molecule has 3 aromatic rings. The van der Waals surface area contributed by atoms with Crippen LogP contribution < -0.4 is 14.4 Å². The number of carbonyl (C=O) groups excluding carboxylic acids is 1. The van der Waals surface area contributed by atoms with Crippen LogP contribution in [0, 0.1) is 5.82 Å². The van der Waals surface area contributed by atoms with Gasteiger partial charge in [-0.1, -0.05) is 48.5 Å². The van der Waals surface area contributed by atoms with E-state index in [2.05, 4.69) is 29.2 Å². The van der Waals surface area contributed by atoms with Gasteiger partial charge in [-0.05, 0) is 61.4 Å². The van der Waals surface area contributed by atoms with Gasteiger partial charge in [0.05, 0.1) is 25.7 Å². The van der Waals surface area contributed by atoms with Gasteiger partial charge in [-0.3, -0.25) is 4.79 Å². The third-order valence-corrected chi connectivity index (χ3v) is 7.52. The van der Waals surface area contributed by atoms with Crippen LogP contribution in [-0.2, 0) is 17.6 Å². The fourth-order valence-corrected chi connectivity index (χ4v) is 5.53. The third kappa shape index (κ3) is 6.07. The number of amides is 1. The molecule has 3 aromatic carbocycles. The van der Waals surface area contributed by atoms with E-state index in [-0.39, 0.29) is 30.3 Å². The fraction of sp³-hybridized carbons (Fsp3) is 0.387. The molecule has 5 nitrogen and oxygen atoms in total. The Morgan fingerprint density at radius 1 is 0.946 bits per heavy atom. The average molecular weight is 503 g/mol. The first-order chi connectivity index (χ1) is 18.1. The zero-order chi connectivity index (χ0) is 25.6. The number of methoxy groups -OCH3 is 1. The Hall–Kier alpha value is -3.54. The van der Waals surface area contributed by atoms with E-state index in [0.717, 1.165) is 36.4 Å². The number of hydrogen-bond acceptors (Lipinski definition) is 4. The quantitative estimate of drug-likeness (QED) is 0.399. The van der Waals surface area contributed by atoms with Crippen LogP contribution in [0.1, 0.15) is 36.8 Å². The van der Waals surface area contributed by atoms with E-state index >= 15 is 0 Å². The highest BCUT2D eigenvalue weighted by Crippen LogP contribution is 2.36. The first kappa shape index (κ1) is 25.1. The summed E-state index contributed by atoms with van der Waals surface area (Å²) in [7, 11) is 1.67. The van der Waals surface area contributed by atoms with Crippen LogP contribution in [0.3, 0.4) is 0 Å². The first-order valence-corrected chi connectivity index (χ1v) is 13.3. The van der Waals surface area contributed by atoms with Crippen molar-refractivity contribution in [3.05, 3.63) is 89.7 Å². The maximum absolute atomic E-state index is 14.3. The van der Waals surface area contributed by atoms with Crippen LogP contribution in [-0.4, -0.2) is 49.7 Å². The van der Waals surface area contributed by atoms with E-state index in [1.54, 1.807) is 25.3 Å². The van der Waals surface area contributed by atoms with E-state index in [0.29, 0.717) is 25.2 Å². The highest BCUT2D eigenvalue weighted by atomic mass is 19.1. The third-order valence-electron chi connectivity index (χ3n) is 7.52. The van der Waals surface area contributed by atoms with E-state index in [4.69, 9.17) is 9.47 Å². The molecule has 1 saturated heterocycles. The number of carbonyl (C=O) groups is 1. The van der Waals surface area contributed by atoms with Crippen molar-refractivity contribution in [3.63, 3.8) is 0 Å². The van der Waals surface area contributed by atoms with Gasteiger partial charge in [0.2, 0.25) is 5.91 Å². The second-order valence-electron chi connectivity index (χ2n) is 10.0. The normalized spacial score (nSPS) is 18.2.